The second kappa shape index (κ2) is 11.7. The second-order valence-electron chi connectivity index (χ2n) is 2.27. The average molecular weight is 284 g/mol. The van der Waals surface area contributed by atoms with Gasteiger partial charge >= 0.3 is 0 Å². The number of hydrogen-bond donors (Lipinski definition) is 4. The van der Waals surface area contributed by atoms with Crippen molar-refractivity contribution in [2.45, 2.75) is 0 Å². The fraction of sp³-hybridized carbons (Fsp3) is 0.375. The summed E-state index contributed by atoms with van der Waals surface area (Å²) in [5, 5.41) is 27.2. The van der Waals surface area contributed by atoms with Crippen LogP contribution in [0.15, 0.2) is 24.4 Å². The van der Waals surface area contributed by atoms with Crippen LogP contribution in [0.3, 0.4) is 0 Å². The van der Waals surface area contributed by atoms with Gasteiger partial charge in [-0.05, 0) is 12.1 Å². The van der Waals surface area contributed by atoms with Gasteiger partial charge in [0, 0.05) is 32.2 Å². The molecular formula is C8H14N2O3SZn. The molecule has 0 radical (unpaired) electrons. The molecule has 5 nitrogen and oxygen atoms in total. The van der Waals surface area contributed by atoms with E-state index < -0.39 is 0 Å². The third-order valence-corrected chi connectivity index (χ3v) is 1.53. The van der Waals surface area contributed by atoms with Crippen molar-refractivity contribution in [1.29, 1.82) is 0 Å². The van der Waals surface area contributed by atoms with Crippen molar-refractivity contribution in [3.63, 3.8) is 0 Å². The zero-order valence-electron chi connectivity index (χ0n) is 8.33. The predicted molar refractivity (Wildman–Crippen MR) is 54.6 cm³/mol. The number of hydrogen-bond acceptors (Lipinski definition) is 5. The SMILES string of the molecule is OCCNCO.On1ccccc1=S.[Zn]. The van der Waals surface area contributed by atoms with E-state index in [4.69, 9.17) is 15.4 Å². The molecule has 0 atom stereocenters. The molecule has 0 aliphatic heterocycles. The Bertz CT molecular complexity index is 291. The van der Waals surface area contributed by atoms with Gasteiger partial charge in [-0.15, -0.1) is 0 Å². The van der Waals surface area contributed by atoms with Crippen molar-refractivity contribution in [3.8, 4) is 0 Å². The minimum Gasteiger partial charge on any atom is -0.428 e. The van der Waals surface area contributed by atoms with Crippen LogP contribution in [0.5, 0.6) is 0 Å². The van der Waals surface area contributed by atoms with Gasteiger partial charge in [0.1, 0.15) is 4.64 Å². The van der Waals surface area contributed by atoms with Gasteiger partial charge in [-0.2, -0.15) is 4.73 Å². The molecule has 0 saturated carbocycles. The summed E-state index contributed by atoms with van der Waals surface area (Å²) < 4.78 is 1.32. The van der Waals surface area contributed by atoms with Crippen LogP contribution in [0.2, 0.25) is 0 Å². The number of nitrogens with one attached hydrogen (secondary N) is 1. The first-order valence-electron chi connectivity index (χ1n) is 4.01. The minimum absolute atomic E-state index is 0. The summed E-state index contributed by atoms with van der Waals surface area (Å²) in [6, 6.07) is 5.13. The molecule has 0 aliphatic carbocycles. The maximum absolute atomic E-state index is 8.73. The van der Waals surface area contributed by atoms with Crippen molar-refractivity contribution in [3.05, 3.63) is 29.0 Å². The Hall–Kier alpha value is -0.327. The Morgan fingerprint density at radius 3 is 2.27 bits per heavy atom. The first-order valence-corrected chi connectivity index (χ1v) is 4.42. The quantitative estimate of drug-likeness (QED) is 0.206. The smallest absolute Gasteiger partial charge is 0.142 e. The molecule has 7 heteroatoms. The van der Waals surface area contributed by atoms with Crippen LogP contribution in [0, 0.1) is 4.64 Å². The van der Waals surface area contributed by atoms with Crippen molar-refractivity contribution < 1.29 is 34.9 Å². The van der Waals surface area contributed by atoms with Crippen LogP contribution < -0.4 is 5.32 Å². The van der Waals surface area contributed by atoms with Gasteiger partial charge in [-0.1, -0.05) is 18.3 Å². The molecule has 0 amide bonds. The summed E-state index contributed by atoms with van der Waals surface area (Å²) in [5.74, 6) is 0. The van der Waals surface area contributed by atoms with E-state index in [0.29, 0.717) is 11.2 Å². The largest absolute Gasteiger partial charge is 0.428 e. The van der Waals surface area contributed by atoms with Crippen molar-refractivity contribution in [1.82, 2.24) is 10.0 Å². The Labute approximate surface area is 106 Å². The Kier molecular flexibility index (Phi) is 13.4. The molecule has 1 aromatic rings. The van der Waals surface area contributed by atoms with Crippen LogP contribution in [0.1, 0.15) is 0 Å². The molecule has 1 aromatic heterocycles. The molecule has 0 fully saturated rings. The molecule has 1 rings (SSSR count). The first kappa shape index (κ1) is 17.1. The van der Waals surface area contributed by atoms with Gasteiger partial charge in [-0.25, -0.2) is 0 Å². The van der Waals surface area contributed by atoms with E-state index in [1.54, 1.807) is 18.2 Å². The summed E-state index contributed by atoms with van der Waals surface area (Å²) in [4.78, 5) is 0. The van der Waals surface area contributed by atoms with Crippen molar-refractivity contribution >= 4 is 12.2 Å². The molecule has 0 aromatic carbocycles. The molecule has 82 valence electrons. The molecule has 15 heavy (non-hydrogen) atoms. The number of aromatic nitrogens is 1. The van der Waals surface area contributed by atoms with Crippen LogP contribution in [-0.2, 0) is 19.5 Å². The van der Waals surface area contributed by atoms with E-state index in [1.165, 1.54) is 6.20 Å². The fourth-order valence-electron chi connectivity index (χ4n) is 0.577. The Morgan fingerprint density at radius 2 is 2.00 bits per heavy atom. The predicted octanol–water partition coefficient (Wildman–Crippen LogP) is -0.0295. The number of nitrogens with zero attached hydrogens (tertiary/aromatic N) is 1. The van der Waals surface area contributed by atoms with E-state index in [1.807, 2.05) is 0 Å². The molecule has 4 N–H and O–H groups in total. The number of aliphatic hydroxyl groups is 2. The number of aliphatic hydroxyl groups excluding tert-OH is 2. The normalized spacial score (nSPS) is 8.40. The Morgan fingerprint density at radius 1 is 1.33 bits per heavy atom. The molecule has 1 heterocycles. The summed E-state index contributed by atoms with van der Waals surface area (Å²) in [5.41, 5.74) is 0. The van der Waals surface area contributed by atoms with Gasteiger partial charge in [0.25, 0.3) is 0 Å². The van der Waals surface area contributed by atoms with Crippen LogP contribution in [-0.4, -0.2) is 40.0 Å². The van der Waals surface area contributed by atoms with E-state index in [2.05, 4.69) is 17.5 Å². The molecule has 0 saturated heterocycles. The van der Waals surface area contributed by atoms with Crippen LogP contribution in [0.4, 0.5) is 0 Å². The number of pyridine rings is 1. The third-order valence-electron chi connectivity index (χ3n) is 1.20. The maximum Gasteiger partial charge on any atom is 0.142 e. The molecule has 0 unspecified atom stereocenters. The molecule has 0 bridgehead atoms. The molecular weight excluding hydrogens is 270 g/mol. The van der Waals surface area contributed by atoms with Gasteiger partial charge < -0.3 is 15.4 Å². The van der Waals surface area contributed by atoms with E-state index in [-0.39, 0.29) is 32.8 Å². The summed E-state index contributed by atoms with van der Waals surface area (Å²) >= 11 is 4.67. The average Bonchev–Trinajstić information content (AvgIpc) is 2.20. The van der Waals surface area contributed by atoms with E-state index in [0.717, 1.165) is 4.73 Å². The fourth-order valence-corrected chi connectivity index (χ4v) is 0.716. The summed E-state index contributed by atoms with van der Waals surface area (Å²) in [6.07, 6.45) is 1.49. The van der Waals surface area contributed by atoms with Crippen LogP contribution >= 0.6 is 12.2 Å². The van der Waals surface area contributed by atoms with Crippen molar-refractivity contribution in [2.75, 3.05) is 19.9 Å². The second-order valence-corrected chi connectivity index (χ2v) is 2.68. The summed E-state index contributed by atoms with van der Waals surface area (Å²) in [7, 11) is 0. The standard InChI is InChI=1S/C5H5NOS.C3H9NO2.Zn/c7-6-4-2-1-3-5(6)8;5-2-1-4-3-6;/h1-4,7H;4-6H,1-3H2;. The monoisotopic (exact) mass is 282 g/mol. The van der Waals surface area contributed by atoms with Gasteiger partial charge in [0.2, 0.25) is 0 Å². The van der Waals surface area contributed by atoms with Gasteiger partial charge in [0.05, 0.1) is 13.3 Å². The number of rotatable bonds is 3. The van der Waals surface area contributed by atoms with Gasteiger partial charge in [-0.3, -0.25) is 5.32 Å². The van der Waals surface area contributed by atoms with E-state index >= 15 is 0 Å². The minimum atomic E-state index is -0.0550. The van der Waals surface area contributed by atoms with Gasteiger partial charge in [0.15, 0.2) is 0 Å². The molecule has 0 spiro atoms. The summed E-state index contributed by atoms with van der Waals surface area (Å²) in [6.45, 7) is 0.498. The third kappa shape index (κ3) is 9.97. The topological polar surface area (TPSA) is 77.7 Å². The zero-order chi connectivity index (χ0) is 10.8. The van der Waals surface area contributed by atoms with E-state index in [9.17, 15) is 0 Å². The maximum atomic E-state index is 8.73. The van der Waals surface area contributed by atoms with Crippen LogP contribution in [0.25, 0.3) is 0 Å². The Balaban J connectivity index is 0. The zero-order valence-corrected chi connectivity index (χ0v) is 12.1. The first-order chi connectivity index (χ1) is 6.72. The van der Waals surface area contributed by atoms with Crippen molar-refractivity contribution in [2.24, 2.45) is 0 Å². The molecule has 0 aliphatic rings.